The molecule has 1 fully saturated rings. The number of amides is 1. The number of benzene rings is 1. The number of rotatable bonds is 7. The lowest BCUT2D eigenvalue weighted by Gasteiger charge is -2.22. The van der Waals surface area contributed by atoms with Gasteiger partial charge in [0.05, 0.1) is 23.3 Å². The van der Waals surface area contributed by atoms with Gasteiger partial charge in [-0.25, -0.2) is 0 Å². The molecule has 34 heavy (non-hydrogen) atoms. The van der Waals surface area contributed by atoms with Crippen molar-refractivity contribution in [2.75, 3.05) is 19.6 Å². The predicted molar refractivity (Wildman–Crippen MR) is 133 cm³/mol. The number of pyridine rings is 2. The van der Waals surface area contributed by atoms with Crippen molar-refractivity contribution in [3.05, 3.63) is 78.8 Å². The van der Waals surface area contributed by atoms with Crippen LogP contribution in [0, 0.1) is 0 Å². The van der Waals surface area contributed by atoms with Gasteiger partial charge in [-0.2, -0.15) is 5.10 Å². The van der Waals surface area contributed by atoms with Gasteiger partial charge in [-0.15, -0.1) is 0 Å². The average molecular weight is 453 g/mol. The normalized spacial score (nSPS) is 16.0. The first kappa shape index (κ1) is 22.0. The van der Waals surface area contributed by atoms with Gasteiger partial charge in [-0.1, -0.05) is 25.1 Å². The maximum absolute atomic E-state index is 12.7. The molecule has 172 valence electrons. The first-order valence-electron chi connectivity index (χ1n) is 11.8. The molecule has 5 rings (SSSR count). The molecule has 1 saturated heterocycles. The molecule has 0 saturated carbocycles. The second-order valence-electron chi connectivity index (χ2n) is 8.52. The Hall–Kier alpha value is -3.84. The quantitative estimate of drug-likeness (QED) is 0.434. The van der Waals surface area contributed by atoms with Gasteiger partial charge in [-0.3, -0.25) is 24.8 Å². The Labute approximate surface area is 199 Å². The van der Waals surface area contributed by atoms with E-state index < -0.39 is 0 Å². The van der Waals surface area contributed by atoms with Crippen LogP contribution in [0.5, 0.6) is 0 Å². The molecule has 1 aliphatic heterocycles. The number of carbonyl (C=O) groups is 1. The Morgan fingerprint density at radius 1 is 1.06 bits per heavy atom. The summed E-state index contributed by atoms with van der Waals surface area (Å²) in [6.45, 7) is 5.03. The lowest BCUT2D eigenvalue weighted by molar-refractivity contribution is 0.0941. The van der Waals surface area contributed by atoms with Crippen molar-refractivity contribution in [3.63, 3.8) is 0 Å². The number of H-pyrrole nitrogens is 1. The molecule has 3 aromatic heterocycles. The van der Waals surface area contributed by atoms with Crippen LogP contribution in [0.25, 0.3) is 33.8 Å². The minimum Gasteiger partial charge on any atom is -0.350 e. The van der Waals surface area contributed by atoms with Crippen LogP contribution in [-0.2, 0) is 0 Å². The molecular weight excluding hydrogens is 424 g/mol. The Bertz CT molecular complexity index is 1250. The highest BCUT2D eigenvalue weighted by atomic mass is 16.1. The van der Waals surface area contributed by atoms with Crippen molar-refractivity contribution >= 4 is 5.91 Å². The topological polar surface area (TPSA) is 86.8 Å². The summed E-state index contributed by atoms with van der Waals surface area (Å²) >= 11 is 0. The zero-order valence-corrected chi connectivity index (χ0v) is 19.2. The van der Waals surface area contributed by atoms with Crippen molar-refractivity contribution in [2.24, 2.45) is 0 Å². The fraction of sp³-hybridized carbons (Fsp3) is 0.259. The third-order valence-corrected chi connectivity index (χ3v) is 6.48. The van der Waals surface area contributed by atoms with Crippen LogP contribution >= 0.6 is 0 Å². The molecule has 1 aliphatic rings. The molecule has 7 heteroatoms. The van der Waals surface area contributed by atoms with E-state index in [9.17, 15) is 4.79 Å². The van der Waals surface area contributed by atoms with E-state index >= 15 is 0 Å². The fourth-order valence-electron chi connectivity index (χ4n) is 4.61. The first-order chi connectivity index (χ1) is 16.7. The number of likely N-dealkylation sites (tertiary alicyclic amines) is 1. The zero-order valence-electron chi connectivity index (χ0n) is 19.2. The molecule has 4 heterocycles. The SMILES string of the molecule is CCN1CCCC1CNC(=O)c1ccc(-c2cc(-c3cn[nH]c3-c3ccccn3)ccn2)cc1. The summed E-state index contributed by atoms with van der Waals surface area (Å²) in [6.07, 6.45) is 7.72. The standard InChI is InChI=1S/C27H28N6O/c1-2-33-15-5-6-22(33)17-30-27(34)20-10-8-19(9-11-20)25-16-21(12-14-29-25)23-18-31-32-26(23)24-7-3-4-13-28-24/h3-4,7-14,16,18,22H,2,5-6,15,17H2,1H3,(H,30,34)(H,31,32). The van der Waals surface area contributed by atoms with Gasteiger partial charge in [0.1, 0.15) is 0 Å². The van der Waals surface area contributed by atoms with Crippen LogP contribution in [0.3, 0.4) is 0 Å². The smallest absolute Gasteiger partial charge is 0.251 e. The number of aromatic nitrogens is 4. The van der Waals surface area contributed by atoms with Crippen molar-refractivity contribution in [2.45, 2.75) is 25.8 Å². The highest BCUT2D eigenvalue weighted by Gasteiger charge is 2.23. The van der Waals surface area contributed by atoms with E-state index in [2.05, 4.69) is 37.3 Å². The number of hydrogen-bond donors (Lipinski definition) is 2. The fourth-order valence-corrected chi connectivity index (χ4v) is 4.61. The molecule has 0 radical (unpaired) electrons. The minimum absolute atomic E-state index is 0.0328. The summed E-state index contributed by atoms with van der Waals surface area (Å²) in [4.78, 5) is 24.1. The molecule has 1 aromatic carbocycles. The van der Waals surface area contributed by atoms with Gasteiger partial charge in [0.15, 0.2) is 0 Å². The second-order valence-corrected chi connectivity index (χ2v) is 8.52. The highest BCUT2D eigenvalue weighted by Crippen LogP contribution is 2.31. The highest BCUT2D eigenvalue weighted by molar-refractivity contribution is 5.94. The summed E-state index contributed by atoms with van der Waals surface area (Å²) in [5.74, 6) is -0.0328. The van der Waals surface area contributed by atoms with Crippen molar-refractivity contribution in [1.29, 1.82) is 0 Å². The molecule has 1 unspecified atom stereocenters. The number of aromatic amines is 1. The summed E-state index contributed by atoms with van der Waals surface area (Å²) < 4.78 is 0. The van der Waals surface area contributed by atoms with Gasteiger partial charge < -0.3 is 5.32 Å². The third-order valence-electron chi connectivity index (χ3n) is 6.48. The first-order valence-corrected chi connectivity index (χ1v) is 11.8. The molecule has 1 amide bonds. The van der Waals surface area contributed by atoms with Gasteiger partial charge in [0.2, 0.25) is 0 Å². The summed E-state index contributed by atoms with van der Waals surface area (Å²) in [5.41, 5.74) is 6.12. The number of likely N-dealkylation sites (N-methyl/N-ethyl adjacent to an activating group) is 1. The molecule has 0 bridgehead atoms. The van der Waals surface area contributed by atoms with E-state index in [0.29, 0.717) is 18.2 Å². The van der Waals surface area contributed by atoms with Gasteiger partial charge in [0.25, 0.3) is 5.91 Å². The van der Waals surface area contributed by atoms with E-state index in [1.807, 2.05) is 54.6 Å². The molecule has 4 aromatic rings. The number of carbonyl (C=O) groups excluding carboxylic acids is 1. The Kier molecular flexibility index (Phi) is 6.44. The molecule has 2 N–H and O–H groups in total. The summed E-state index contributed by atoms with van der Waals surface area (Å²) in [7, 11) is 0. The van der Waals surface area contributed by atoms with Crippen LogP contribution in [-0.4, -0.2) is 56.6 Å². The van der Waals surface area contributed by atoms with Crippen molar-refractivity contribution < 1.29 is 4.79 Å². The molecule has 0 spiro atoms. The Balaban J connectivity index is 1.31. The third kappa shape index (κ3) is 4.61. The monoisotopic (exact) mass is 452 g/mol. The predicted octanol–water partition coefficient (Wildman–Crippen LogP) is 4.41. The van der Waals surface area contributed by atoms with Crippen LogP contribution in [0.4, 0.5) is 0 Å². The largest absolute Gasteiger partial charge is 0.350 e. The van der Waals surface area contributed by atoms with E-state index in [4.69, 9.17) is 0 Å². The van der Waals surface area contributed by atoms with Gasteiger partial charge >= 0.3 is 0 Å². The number of hydrogen-bond acceptors (Lipinski definition) is 5. The summed E-state index contributed by atoms with van der Waals surface area (Å²) in [6, 6.07) is 17.9. The van der Waals surface area contributed by atoms with Crippen LogP contribution in [0.15, 0.2) is 73.2 Å². The van der Waals surface area contributed by atoms with Crippen LogP contribution < -0.4 is 5.32 Å². The van der Waals surface area contributed by atoms with E-state index in [-0.39, 0.29) is 5.91 Å². The zero-order chi connectivity index (χ0) is 23.3. The van der Waals surface area contributed by atoms with E-state index in [1.54, 1.807) is 18.6 Å². The van der Waals surface area contributed by atoms with Gasteiger partial charge in [0, 0.05) is 41.7 Å². The van der Waals surface area contributed by atoms with Crippen LogP contribution in [0.2, 0.25) is 0 Å². The maximum atomic E-state index is 12.7. The maximum Gasteiger partial charge on any atom is 0.251 e. The number of nitrogens with one attached hydrogen (secondary N) is 2. The number of nitrogens with zero attached hydrogens (tertiary/aromatic N) is 4. The Morgan fingerprint density at radius 3 is 2.71 bits per heavy atom. The van der Waals surface area contributed by atoms with Crippen molar-refractivity contribution in [1.82, 2.24) is 30.4 Å². The minimum atomic E-state index is -0.0328. The molecule has 1 atom stereocenters. The average Bonchev–Trinajstić information content (AvgIpc) is 3.57. The Morgan fingerprint density at radius 2 is 1.91 bits per heavy atom. The van der Waals surface area contributed by atoms with Crippen molar-refractivity contribution in [3.8, 4) is 33.8 Å². The molecule has 7 nitrogen and oxygen atoms in total. The second kappa shape index (κ2) is 9.97. The lowest BCUT2D eigenvalue weighted by atomic mass is 10.0. The van der Waals surface area contributed by atoms with E-state index in [1.165, 1.54) is 6.42 Å². The molecular formula is C27H28N6O. The van der Waals surface area contributed by atoms with Crippen LogP contribution in [0.1, 0.15) is 30.1 Å². The van der Waals surface area contributed by atoms with E-state index in [0.717, 1.165) is 53.3 Å². The molecule has 0 aliphatic carbocycles. The lowest BCUT2D eigenvalue weighted by Crippen LogP contribution is -2.40. The summed E-state index contributed by atoms with van der Waals surface area (Å²) in [5, 5.41) is 10.4. The van der Waals surface area contributed by atoms with Gasteiger partial charge in [-0.05, 0) is 67.9 Å².